The minimum Gasteiger partial charge on any atom is -0.342 e. The zero-order valence-corrected chi connectivity index (χ0v) is 19.4. The Labute approximate surface area is 198 Å². The molecule has 7 nitrogen and oxygen atoms in total. The van der Waals surface area contributed by atoms with Gasteiger partial charge in [0.1, 0.15) is 11.4 Å². The third-order valence-electron chi connectivity index (χ3n) is 7.05. The number of piperidine rings is 2. The number of nitrogens with zero attached hydrogens (tertiary/aromatic N) is 5. The maximum Gasteiger partial charge on any atom is 0.259 e. The van der Waals surface area contributed by atoms with Crippen molar-refractivity contribution in [2.45, 2.75) is 32.6 Å². The summed E-state index contributed by atoms with van der Waals surface area (Å²) in [6.45, 7) is 4.90. The maximum absolute atomic E-state index is 13.7. The van der Waals surface area contributed by atoms with Crippen molar-refractivity contribution in [1.82, 2.24) is 24.1 Å². The molecular formula is C26H30FN5O2. The fourth-order valence-corrected chi connectivity index (χ4v) is 5.01. The molecule has 2 fully saturated rings. The second-order valence-electron chi connectivity index (χ2n) is 9.46. The molecule has 34 heavy (non-hydrogen) atoms. The smallest absolute Gasteiger partial charge is 0.259 e. The number of carbonyl (C=O) groups excluding carboxylic acids is 2. The lowest BCUT2D eigenvalue weighted by Crippen LogP contribution is -2.48. The van der Waals surface area contributed by atoms with E-state index in [2.05, 4.69) is 12.0 Å². The average Bonchev–Trinajstić information content (AvgIpc) is 3.54. The van der Waals surface area contributed by atoms with E-state index in [0.717, 1.165) is 38.8 Å². The van der Waals surface area contributed by atoms with Gasteiger partial charge in [0.25, 0.3) is 5.91 Å². The van der Waals surface area contributed by atoms with E-state index < -0.39 is 0 Å². The van der Waals surface area contributed by atoms with Gasteiger partial charge in [0.2, 0.25) is 5.91 Å². The molecule has 2 aliphatic rings. The summed E-state index contributed by atoms with van der Waals surface area (Å²) in [5, 5.41) is 4.47. The van der Waals surface area contributed by atoms with Gasteiger partial charge >= 0.3 is 0 Å². The maximum atomic E-state index is 13.7. The van der Waals surface area contributed by atoms with Crippen molar-refractivity contribution in [3.05, 3.63) is 66.4 Å². The van der Waals surface area contributed by atoms with Crippen LogP contribution in [0.4, 0.5) is 4.39 Å². The molecular weight excluding hydrogens is 433 g/mol. The summed E-state index contributed by atoms with van der Waals surface area (Å²) in [6.07, 6.45) is 8.99. The highest BCUT2D eigenvalue weighted by Crippen LogP contribution is 2.26. The number of hydrogen-bond donors (Lipinski definition) is 0. The van der Waals surface area contributed by atoms with Crippen LogP contribution < -0.4 is 0 Å². The molecule has 0 aliphatic carbocycles. The molecule has 178 valence electrons. The lowest BCUT2D eigenvalue weighted by atomic mass is 9.93. The zero-order chi connectivity index (χ0) is 23.7. The van der Waals surface area contributed by atoms with Crippen molar-refractivity contribution in [3.8, 4) is 11.5 Å². The van der Waals surface area contributed by atoms with E-state index in [-0.39, 0.29) is 23.5 Å². The van der Waals surface area contributed by atoms with E-state index >= 15 is 0 Å². The van der Waals surface area contributed by atoms with E-state index in [0.29, 0.717) is 36.1 Å². The Hall–Kier alpha value is -3.42. The molecule has 2 amide bonds. The van der Waals surface area contributed by atoms with Gasteiger partial charge in [-0.2, -0.15) is 5.10 Å². The van der Waals surface area contributed by atoms with Crippen LogP contribution in [0.25, 0.3) is 11.5 Å². The van der Waals surface area contributed by atoms with Gasteiger partial charge in [0, 0.05) is 38.6 Å². The minimum atomic E-state index is -0.332. The predicted molar refractivity (Wildman–Crippen MR) is 126 cm³/mol. The molecule has 2 aromatic heterocycles. The number of halogens is 1. The summed E-state index contributed by atoms with van der Waals surface area (Å²) in [7, 11) is 0. The van der Waals surface area contributed by atoms with Crippen molar-refractivity contribution in [1.29, 1.82) is 0 Å². The first-order chi connectivity index (χ1) is 16.5. The van der Waals surface area contributed by atoms with E-state index in [4.69, 9.17) is 0 Å². The molecule has 0 bridgehead atoms. The van der Waals surface area contributed by atoms with E-state index in [1.165, 1.54) is 12.1 Å². The molecule has 5 rings (SSSR count). The summed E-state index contributed by atoms with van der Waals surface area (Å²) in [4.78, 5) is 30.6. The number of carbonyl (C=O) groups is 2. The van der Waals surface area contributed by atoms with Gasteiger partial charge in [-0.15, -0.1) is 0 Å². The highest BCUT2D eigenvalue weighted by molar-refractivity contribution is 5.97. The number of benzene rings is 1. The highest BCUT2D eigenvalue weighted by Gasteiger charge is 2.34. The van der Waals surface area contributed by atoms with Crippen LogP contribution in [0.15, 0.2) is 55.0 Å². The lowest BCUT2D eigenvalue weighted by molar-refractivity contribution is -0.138. The van der Waals surface area contributed by atoms with Gasteiger partial charge in [-0.05, 0) is 68.0 Å². The first-order valence-corrected chi connectivity index (χ1v) is 12.1. The quantitative estimate of drug-likeness (QED) is 0.589. The Kier molecular flexibility index (Phi) is 6.22. The molecule has 4 heterocycles. The number of amides is 2. The molecule has 1 atom stereocenters. The van der Waals surface area contributed by atoms with Crippen LogP contribution in [0.3, 0.4) is 0 Å². The van der Waals surface area contributed by atoms with Crippen molar-refractivity contribution >= 4 is 11.8 Å². The summed E-state index contributed by atoms with van der Waals surface area (Å²) in [5.41, 5.74) is 1.12. The van der Waals surface area contributed by atoms with Crippen molar-refractivity contribution in [2.75, 3.05) is 26.2 Å². The predicted octanol–water partition coefficient (Wildman–Crippen LogP) is 3.91. The molecule has 3 aromatic rings. The largest absolute Gasteiger partial charge is 0.342 e. The van der Waals surface area contributed by atoms with Crippen LogP contribution in [0, 0.1) is 17.7 Å². The van der Waals surface area contributed by atoms with Crippen LogP contribution in [0.2, 0.25) is 0 Å². The molecule has 0 unspecified atom stereocenters. The number of hydrogen-bond acceptors (Lipinski definition) is 3. The van der Waals surface area contributed by atoms with Gasteiger partial charge in [0.15, 0.2) is 5.82 Å². The molecule has 0 saturated carbocycles. The van der Waals surface area contributed by atoms with Crippen LogP contribution >= 0.6 is 0 Å². The van der Waals surface area contributed by atoms with Gasteiger partial charge < -0.3 is 14.4 Å². The number of likely N-dealkylation sites (tertiary alicyclic amines) is 2. The first-order valence-electron chi connectivity index (χ1n) is 12.1. The lowest BCUT2D eigenvalue weighted by Gasteiger charge is -2.37. The Morgan fingerprint density at radius 2 is 1.68 bits per heavy atom. The standard InChI is InChI=1S/C26H30FN5O2/c1-19-10-15-30(16-11-19)25(33)20-5-4-14-31(18-20)26(34)23-17-28-32(22-8-6-21(27)7-9-22)24(23)29-12-2-3-13-29/h2-3,6-9,12-13,17,19-20H,4-5,10-11,14-16,18H2,1H3/t20-/m1/s1. The second kappa shape index (κ2) is 9.44. The average molecular weight is 464 g/mol. The van der Waals surface area contributed by atoms with E-state index in [1.54, 1.807) is 27.9 Å². The van der Waals surface area contributed by atoms with Gasteiger partial charge in [-0.1, -0.05) is 6.92 Å². The van der Waals surface area contributed by atoms with E-state index in [9.17, 15) is 14.0 Å². The van der Waals surface area contributed by atoms with E-state index in [1.807, 2.05) is 34.0 Å². The minimum absolute atomic E-state index is 0.137. The monoisotopic (exact) mass is 463 g/mol. The normalized spacial score (nSPS) is 19.4. The molecule has 8 heteroatoms. The fraction of sp³-hybridized carbons (Fsp3) is 0.423. The summed E-state index contributed by atoms with van der Waals surface area (Å²) in [6, 6.07) is 9.79. The summed E-state index contributed by atoms with van der Waals surface area (Å²) < 4.78 is 17.0. The van der Waals surface area contributed by atoms with Crippen molar-refractivity contribution in [3.63, 3.8) is 0 Å². The molecule has 0 spiro atoms. The molecule has 2 saturated heterocycles. The van der Waals surface area contributed by atoms with Crippen LogP contribution in [-0.2, 0) is 4.79 Å². The topological polar surface area (TPSA) is 63.4 Å². The van der Waals surface area contributed by atoms with Gasteiger partial charge in [-0.25, -0.2) is 9.07 Å². The Morgan fingerprint density at radius 3 is 2.38 bits per heavy atom. The second-order valence-corrected chi connectivity index (χ2v) is 9.46. The SMILES string of the molecule is CC1CCN(C(=O)[C@@H]2CCCN(C(=O)c3cnn(-c4ccc(F)cc4)c3-n3cccc3)C2)CC1. The Morgan fingerprint density at radius 1 is 0.971 bits per heavy atom. The Bertz CT molecular complexity index is 1150. The van der Waals surface area contributed by atoms with Crippen LogP contribution in [-0.4, -0.2) is 62.1 Å². The number of rotatable bonds is 4. The van der Waals surface area contributed by atoms with Crippen molar-refractivity contribution in [2.24, 2.45) is 11.8 Å². The zero-order valence-electron chi connectivity index (χ0n) is 19.4. The summed E-state index contributed by atoms with van der Waals surface area (Å²) >= 11 is 0. The number of aromatic nitrogens is 3. The first kappa shape index (κ1) is 22.4. The van der Waals surface area contributed by atoms with Gasteiger partial charge in [-0.3, -0.25) is 9.59 Å². The Balaban J connectivity index is 1.40. The highest BCUT2D eigenvalue weighted by atomic mass is 19.1. The fourth-order valence-electron chi connectivity index (χ4n) is 5.01. The molecule has 0 radical (unpaired) electrons. The van der Waals surface area contributed by atoms with Gasteiger partial charge in [0.05, 0.1) is 17.8 Å². The third kappa shape index (κ3) is 4.36. The molecule has 0 N–H and O–H groups in total. The molecule has 2 aliphatic heterocycles. The van der Waals surface area contributed by atoms with Crippen molar-refractivity contribution < 1.29 is 14.0 Å². The molecule has 1 aromatic carbocycles. The van der Waals surface area contributed by atoms with Crippen LogP contribution in [0.1, 0.15) is 43.0 Å². The summed E-state index contributed by atoms with van der Waals surface area (Å²) in [5.74, 6) is 0.812. The third-order valence-corrected chi connectivity index (χ3v) is 7.05. The van der Waals surface area contributed by atoms with Crippen LogP contribution in [0.5, 0.6) is 0 Å².